The van der Waals surface area contributed by atoms with Gasteiger partial charge in [-0.3, -0.25) is 4.79 Å². The normalized spacial score (nSPS) is 11.1. The smallest absolute Gasteiger partial charge is 0.335 e. The van der Waals surface area contributed by atoms with Crippen molar-refractivity contribution in [2.24, 2.45) is 0 Å². The average molecular weight is 300 g/mol. The van der Waals surface area contributed by atoms with E-state index in [-0.39, 0.29) is 30.2 Å². The number of carboxylic acid groups (broad SMARTS) is 1. The largest absolute Gasteiger partial charge is 0.478 e. The quantitative estimate of drug-likeness (QED) is 0.653. The third-order valence-corrected chi connectivity index (χ3v) is 3.87. The van der Waals surface area contributed by atoms with Crippen LogP contribution in [0.2, 0.25) is 0 Å². The molecule has 7 nitrogen and oxygen atoms in total. The van der Waals surface area contributed by atoms with Crippen LogP contribution in [0.4, 0.5) is 0 Å². The highest BCUT2D eigenvalue weighted by atomic mass is 32.2. The van der Waals surface area contributed by atoms with Crippen LogP contribution < -0.4 is 10.0 Å². The highest BCUT2D eigenvalue weighted by Crippen LogP contribution is 2.07. The predicted molar refractivity (Wildman–Crippen MR) is 72.7 cm³/mol. The third kappa shape index (κ3) is 5.37. The zero-order valence-electron chi connectivity index (χ0n) is 10.9. The fourth-order valence-electron chi connectivity index (χ4n) is 1.46. The van der Waals surface area contributed by atoms with E-state index in [1.165, 1.54) is 31.3 Å². The number of carbonyl (C=O) groups is 2. The van der Waals surface area contributed by atoms with Crippen LogP contribution in [0, 0.1) is 0 Å². The Morgan fingerprint density at radius 2 is 1.80 bits per heavy atom. The number of carbonyl (C=O) groups excluding carboxylic acids is 1. The summed E-state index contributed by atoms with van der Waals surface area (Å²) in [6, 6.07) is 5.58. The molecular weight excluding hydrogens is 284 g/mol. The SMILES string of the molecule is CNC(=O)CCNS(=O)(=O)Cc1ccc(C(=O)O)cc1. The summed E-state index contributed by atoms with van der Waals surface area (Å²) in [6.07, 6.45) is 0.0632. The van der Waals surface area contributed by atoms with E-state index in [0.29, 0.717) is 5.56 Å². The maximum absolute atomic E-state index is 11.7. The van der Waals surface area contributed by atoms with Crippen LogP contribution in [0.25, 0.3) is 0 Å². The molecule has 1 aromatic carbocycles. The number of aromatic carboxylic acids is 1. The number of nitrogens with one attached hydrogen (secondary N) is 2. The molecule has 8 heteroatoms. The molecule has 20 heavy (non-hydrogen) atoms. The van der Waals surface area contributed by atoms with E-state index in [1.54, 1.807) is 0 Å². The van der Waals surface area contributed by atoms with Gasteiger partial charge in [0.25, 0.3) is 0 Å². The molecule has 110 valence electrons. The Bertz CT molecular complexity index is 580. The molecule has 0 radical (unpaired) electrons. The Morgan fingerprint density at radius 3 is 2.30 bits per heavy atom. The summed E-state index contributed by atoms with van der Waals surface area (Å²) in [5.41, 5.74) is 0.571. The van der Waals surface area contributed by atoms with Gasteiger partial charge in [0.2, 0.25) is 15.9 Å². The van der Waals surface area contributed by atoms with Crippen molar-refractivity contribution in [2.45, 2.75) is 12.2 Å². The molecule has 0 heterocycles. The monoisotopic (exact) mass is 300 g/mol. The highest BCUT2D eigenvalue weighted by Gasteiger charge is 2.12. The molecule has 1 amide bonds. The predicted octanol–water partition coefficient (Wildman–Crippen LogP) is -0.0597. The molecule has 0 fully saturated rings. The molecule has 3 N–H and O–H groups in total. The molecule has 0 unspecified atom stereocenters. The van der Waals surface area contributed by atoms with E-state index in [2.05, 4.69) is 10.0 Å². The van der Waals surface area contributed by atoms with Gasteiger partial charge in [0.1, 0.15) is 0 Å². The Morgan fingerprint density at radius 1 is 1.20 bits per heavy atom. The molecule has 0 bridgehead atoms. The molecule has 1 aromatic rings. The van der Waals surface area contributed by atoms with Crippen molar-refractivity contribution in [1.82, 2.24) is 10.0 Å². The summed E-state index contributed by atoms with van der Waals surface area (Å²) in [4.78, 5) is 21.6. The number of amides is 1. The molecule has 0 aliphatic rings. The van der Waals surface area contributed by atoms with Crippen LogP contribution in [-0.2, 0) is 20.6 Å². The van der Waals surface area contributed by atoms with Crippen LogP contribution >= 0.6 is 0 Å². The first-order valence-corrected chi connectivity index (χ1v) is 7.49. The fourth-order valence-corrected chi connectivity index (χ4v) is 2.61. The minimum absolute atomic E-state index is 0.0230. The van der Waals surface area contributed by atoms with Gasteiger partial charge in [-0.25, -0.2) is 17.9 Å². The van der Waals surface area contributed by atoms with E-state index >= 15 is 0 Å². The van der Waals surface area contributed by atoms with E-state index < -0.39 is 16.0 Å². The first-order valence-electron chi connectivity index (χ1n) is 5.84. The van der Waals surface area contributed by atoms with E-state index in [0.717, 1.165) is 0 Å². The van der Waals surface area contributed by atoms with Crippen LogP contribution in [0.1, 0.15) is 22.3 Å². The van der Waals surface area contributed by atoms with Gasteiger partial charge in [-0.1, -0.05) is 12.1 Å². The second-order valence-corrected chi connectivity index (χ2v) is 5.89. The molecule has 0 saturated carbocycles. The van der Waals surface area contributed by atoms with Crippen molar-refractivity contribution in [3.05, 3.63) is 35.4 Å². The number of rotatable bonds is 7. The average Bonchev–Trinajstić information content (AvgIpc) is 2.38. The molecule has 0 spiro atoms. The Balaban J connectivity index is 2.57. The summed E-state index contributed by atoms with van der Waals surface area (Å²) in [7, 11) is -2.08. The van der Waals surface area contributed by atoms with Crippen molar-refractivity contribution < 1.29 is 23.1 Å². The molecule has 0 atom stereocenters. The summed E-state index contributed by atoms with van der Waals surface area (Å²) >= 11 is 0. The van der Waals surface area contributed by atoms with Crippen molar-refractivity contribution >= 4 is 21.9 Å². The zero-order valence-corrected chi connectivity index (χ0v) is 11.7. The number of sulfonamides is 1. The Hall–Kier alpha value is -1.93. The van der Waals surface area contributed by atoms with Crippen LogP contribution in [0.3, 0.4) is 0 Å². The maximum atomic E-state index is 11.7. The number of benzene rings is 1. The minimum Gasteiger partial charge on any atom is -0.478 e. The van der Waals surface area contributed by atoms with Crippen LogP contribution in [0.15, 0.2) is 24.3 Å². The standard InChI is InChI=1S/C12H16N2O5S/c1-13-11(15)6-7-14-20(18,19)8-9-2-4-10(5-3-9)12(16)17/h2-5,14H,6-8H2,1H3,(H,13,15)(H,16,17). The summed E-state index contributed by atoms with van der Waals surface area (Å²) in [5.74, 6) is -1.58. The van der Waals surface area contributed by atoms with Crippen LogP contribution in [0.5, 0.6) is 0 Å². The molecule has 0 aliphatic carbocycles. The molecular formula is C12H16N2O5S. The van der Waals surface area contributed by atoms with Gasteiger partial charge < -0.3 is 10.4 Å². The van der Waals surface area contributed by atoms with Gasteiger partial charge in [0.15, 0.2) is 0 Å². The van der Waals surface area contributed by atoms with Gasteiger partial charge >= 0.3 is 5.97 Å². The van der Waals surface area contributed by atoms with Gasteiger partial charge in [-0.05, 0) is 17.7 Å². The second-order valence-electron chi connectivity index (χ2n) is 4.08. The number of carboxylic acids is 1. The van der Waals surface area contributed by atoms with Crippen molar-refractivity contribution in [3.8, 4) is 0 Å². The van der Waals surface area contributed by atoms with E-state index in [1.807, 2.05) is 0 Å². The van der Waals surface area contributed by atoms with Crippen molar-refractivity contribution in [1.29, 1.82) is 0 Å². The first-order chi connectivity index (χ1) is 9.34. The van der Waals surface area contributed by atoms with Crippen molar-refractivity contribution in [2.75, 3.05) is 13.6 Å². The zero-order chi connectivity index (χ0) is 15.2. The Labute approximate surface area is 117 Å². The lowest BCUT2D eigenvalue weighted by Crippen LogP contribution is -2.30. The first kappa shape index (κ1) is 16.1. The topological polar surface area (TPSA) is 113 Å². The van der Waals surface area contributed by atoms with E-state index in [4.69, 9.17) is 5.11 Å². The third-order valence-electron chi connectivity index (χ3n) is 2.51. The fraction of sp³-hybridized carbons (Fsp3) is 0.333. The lowest BCUT2D eigenvalue weighted by Gasteiger charge is -2.06. The maximum Gasteiger partial charge on any atom is 0.335 e. The minimum atomic E-state index is -3.55. The lowest BCUT2D eigenvalue weighted by molar-refractivity contribution is -0.120. The summed E-state index contributed by atoms with van der Waals surface area (Å²) in [5, 5.41) is 11.1. The van der Waals surface area contributed by atoms with Crippen molar-refractivity contribution in [3.63, 3.8) is 0 Å². The summed E-state index contributed by atoms with van der Waals surface area (Å²) in [6.45, 7) is 0.0230. The molecule has 1 rings (SSSR count). The molecule has 0 aliphatic heterocycles. The second kappa shape index (κ2) is 7.01. The van der Waals surface area contributed by atoms with Gasteiger partial charge in [0, 0.05) is 20.0 Å². The summed E-state index contributed by atoms with van der Waals surface area (Å²) < 4.78 is 25.8. The number of hydrogen-bond acceptors (Lipinski definition) is 4. The van der Waals surface area contributed by atoms with E-state index in [9.17, 15) is 18.0 Å². The lowest BCUT2D eigenvalue weighted by atomic mass is 10.1. The van der Waals surface area contributed by atoms with Gasteiger partial charge in [-0.15, -0.1) is 0 Å². The molecule has 0 saturated heterocycles. The highest BCUT2D eigenvalue weighted by molar-refractivity contribution is 7.88. The van der Waals surface area contributed by atoms with Gasteiger partial charge in [0.05, 0.1) is 11.3 Å². The van der Waals surface area contributed by atoms with Gasteiger partial charge in [-0.2, -0.15) is 0 Å². The van der Waals surface area contributed by atoms with Crippen LogP contribution in [-0.4, -0.2) is 39.0 Å². The molecule has 0 aromatic heterocycles. The number of hydrogen-bond donors (Lipinski definition) is 3. The Kier molecular flexibility index (Phi) is 5.66.